The van der Waals surface area contributed by atoms with Crippen LogP contribution in [0.2, 0.25) is 0 Å². The van der Waals surface area contributed by atoms with Gasteiger partial charge < -0.3 is 0 Å². The van der Waals surface area contributed by atoms with Gasteiger partial charge in [0.25, 0.3) is 0 Å². The molecule has 11 aromatic carbocycles. The van der Waals surface area contributed by atoms with Crippen LogP contribution in [0.4, 0.5) is 0 Å². The average molecular weight is 1670 g/mol. The van der Waals surface area contributed by atoms with Crippen LogP contribution < -0.4 is 16.4 Å². The van der Waals surface area contributed by atoms with E-state index in [0.717, 1.165) is 145 Å². The Balaban J connectivity index is 0.000000131. The molecule has 0 saturated heterocycles. The van der Waals surface area contributed by atoms with E-state index < -0.39 is 0 Å². The van der Waals surface area contributed by atoms with Crippen LogP contribution in [0.1, 0.15) is 50.1 Å². The van der Waals surface area contributed by atoms with E-state index in [-0.39, 0.29) is 6.71 Å². The summed E-state index contributed by atoms with van der Waals surface area (Å²) in [6.07, 6.45) is 33.7. The molecule has 0 atom stereocenters. The lowest BCUT2D eigenvalue weighted by molar-refractivity contribution is 1.29. The third-order valence-electron chi connectivity index (χ3n) is 24.8. The second-order valence-electron chi connectivity index (χ2n) is 33.5. The van der Waals surface area contributed by atoms with Gasteiger partial charge >= 0.3 is 0 Å². The first-order valence-electron chi connectivity index (χ1n) is 44.1. The largest absolute Gasteiger partial charge is 0.264 e. The third kappa shape index (κ3) is 18.6. The summed E-state index contributed by atoms with van der Waals surface area (Å²) in [7, 11) is 0. The molecule has 0 N–H and O–H groups in total. The number of hydrogen-bond acceptors (Lipinski definition) is 9. The van der Waals surface area contributed by atoms with E-state index >= 15 is 0 Å². The minimum Gasteiger partial charge on any atom is -0.264 e. The van der Waals surface area contributed by atoms with Crippen molar-refractivity contribution < 1.29 is 0 Å². The van der Waals surface area contributed by atoms with E-state index in [9.17, 15) is 0 Å². The summed E-state index contributed by atoms with van der Waals surface area (Å²) in [6.45, 7) is 20.6. The summed E-state index contributed by atoms with van der Waals surface area (Å²) in [5.74, 6) is 0. The minimum absolute atomic E-state index is 0.0232. The molecule has 0 bridgehead atoms. The van der Waals surface area contributed by atoms with E-state index in [1.165, 1.54) is 88.7 Å². The third-order valence-corrected chi connectivity index (χ3v) is 24.8. The van der Waals surface area contributed by atoms with Crippen LogP contribution in [-0.2, 0) is 0 Å². The van der Waals surface area contributed by atoms with Crippen LogP contribution in [0.5, 0.6) is 0 Å². The number of rotatable bonds is 18. The Kier molecular flexibility index (Phi) is 25.2. The normalized spacial score (nSPS) is 11.0. The predicted octanol–water partition coefficient (Wildman–Crippen LogP) is 27.9. The maximum absolute atomic E-state index is 4.52. The predicted molar refractivity (Wildman–Crippen MR) is 541 cm³/mol. The highest BCUT2D eigenvalue weighted by Crippen LogP contribution is 2.42. The molecule has 0 spiro atoms. The fraction of sp³-hybridized carbons (Fsp3) is 0.0750. The number of aryl methyl sites for hydroxylation is 6. The SMILES string of the molecule is Cc1cc(C)c(-c2ccccc2)c(C)c1B(c1c(C)cc(C)c(-c2cccnc2)c1C)c1c(C)cc(C)c(-c2cccnc2)c1C.c1cncc(-c2cc(-c3cccnc3)cc(-c3cccc(-c4cc(-c5cccnc5)cc(-c5cccnc5)c4)c3)c2)c1.c1cncc(-c2cccc(-c3cc(-c4cccc(-c5cccnc5)c4)cc(-c4cccc(-c5cccnc5)c4)c3)c2)c1. The van der Waals surface area contributed by atoms with Crippen molar-refractivity contribution >= 4 is 23.1 Å². The molecule has 0 radical (unpaired) electrons. The van der Waals surface area contributed by atoms with Crippen LogP contribution in [0.3, 0.4) is 0 Å². The molecule has 0 aliphatic carbocycles. The first-order chi connectivity index (χ1) is 63.7. The number of hydrogen-bond donors (Lipinski definition) is 0. The zero-order valence-corrected chi connectivity index (χ0v) is 74.4. The second kappa shape index (κ2) is 38.8. The lowest BCUT2D eigenvalue weighted by Gasteiger charge is -2.31. The first-order valence-corrected chi connectivity index (χ1v) is 44.1. The van der Waals surface area contributed by atoms with Gasteiger partial charge in [0.05, 0.1) is 0 Å². The van der Waals surface area contributed by atoms with Gasteiger partial charge in [-0.05, 0) is 346 Å². The molecule has 9 aromatic heterocycles. The molecule has 130 heavy (non-hydrogen) atoms. The summed E-state index contributed by atoms with van der Waals surface area (Å²) >= 11 is 0. The van der Waals surface area contributed by atoms with Crippen molar-refractivity contribution in [1.29, 1.82) is 0 Å². The number of nitrogens with zero attached hydrogens (tertiary/aromatic N) is 9. The Morgan fingerprint density at radius 1 is 0.138 bits per heavy atom. The van der Waals surface area contributed by atoms with E-state index in [2.05, 4.69) is 362 Å². The van der Waals surface area contributed by atoms with Crippen LogP contribution in [0.25, 0.3) is 167 Å². The van der Waals surface area contributed by atoms with Crippen molar-refractivity contribution in [2.24, 2.45) is 0 Å². The summed E-state index contributed by atoms with van der Waals surface area (Å²) in [6, 6.07) is 110. The van der Waals surface area contributed by atoms with Gasteiger partial charge in [-0.25, -0.2) is 0 Å². The van der Waals surface area contributed by atoms with E-state index in [1.54, 1.807) is 24.8 Å². The Hall–Kier alpha value is -16.2. The maximum atomic E-state index is 4.52. The highest BCUT2D eigenvalue weighted by molar-refractivity contribution is 6.97. The zero-order chi connectivity index (χ0) is 89.0. The molecule has 20 aromatic rings. The van der Waals surface area contributed by atoms with Crippen molar-refractivity contribution in [3.05, 3.63) is 471 Å². The number of benzene rings is 11. The van der Waals surface area contributed by atoms with Crippen molar-refractivity contribution in [1.82, 2.24) is 44.9 Å². The van der Waals surface area contributed by atoms with Gasteiger partial charge in [0.15, 0.2) is 0 Å². The molecule has 0 aliphatic heterocycles. The minimum atomic E-state index is 0.0232. The van der Waals surface area contributed by atoms with Gasteiger partial charge in [-0.3, -0.25) is 44.9 Å². The second-order valence-corrected chi connectivity index (χ2v) is 33.5. The van der Waals surface area contributed by atoms with Crippen molar-refractivity contribution in [2.75, 3.05) is 0 Å². The summed E-state index contributed by atoms with van der Waals surface area (Å²) in [5.41, 5.74) is 50.4. The Bertz CT molecular complexity index is 6660. The molecule has 9 heterocycles. The first kappa shape index (κ1) is 84.7. The molecule has 0 amide bonds. The smallest absolute Gasteiger partial charge is 0.243 e. The molecule has 624 valence electrons. The standard InChI is InChI=1S/C43H43BN2.C39H27N3.C38H26N4/c1-26-21-29(4)41(32(7)38(26)35-15-11-10-12-16-35)44(42-30(5)22-27(2)39(33(42)8)36-17-13-19-45-24-36)43-31(6)23-28(3)40(34(43)9)37-18-14-20-46-25-37;1-7-28(34-13-4-16-40-25-34)19-31(10-1)37-22-38(32-11-2-8-29(20-32)35-14-5-17-41-26-35)24-39(23-37)33-12-3-9-30(21-33)36-15-6-18-42-27-36;1-6-27(33-17-35(29-8-2-12-39-23-29)21-36(18-33)30-9-3-13-40-24-30)16-28(7-1)34-19-37(31-10-4-14-41-25-31)22-38(20-34)32-11-5-15-42-26-32/h10-25H,1-9H3;1-27H;1-26H. The Morgan fingerprint density at radius 2 is 0.300 bits per heavy atom. The molecule has 0 fully saturated rings. The van der Waals surface area contributed by atoms with Crippen molar-refractivity contribution in [3.63, 3.8) is 0 Å². The quantitative estimate of drug-likeness (QED) is 0.0774. The fourth-order valence-electron chi connectivity index (χ4n) is 19.0. The zero-order valence-electron chi connectivity index (χ0n) is 74.4. The molecule has 0 saturated carbocycles. The fourth-order valence-corrected chi connectivity index (χ4v) is 19.0. The van der Waals surface area contributed by atoms with Gasteiger partial charge in [0.2, 0.25) is 6.71 Å². The average Bonchev–Trinajstić information content (AvgIpc) is 0.727. The van der Waals surface area contributed by atoms with E-state index in [1.807, 2.05) is 141 Å². The molecule has 9 nitrogen and oxygen atoms in total. The van der Waals surface area contributed by atoms with Gasteiger partial charge in [-0.2, -0.15) is 0 Å². The van der Waals surface area contributed by atoms with Crippen molar-refractivity contribution in [3.8, 4) is 167 Å². The number of pyridine rings is 9. The van der Waals surface area contributed by atoms with Gasteiger partial charge in [-0.1, -0.05) is 209 Å². The topological polar surface area (TPSA) is 116 Å². The molecular formula is C120H96BN9. The van der Waals surface area contributed by atoms with Crippen molar-refractivity contribution in [2.45, 2.75) is 62.3 Å². The van der Waals surface area contributed by atoms with Gasteiger partial charge in [0.1, 0.15) is 0 Å². The van der Waals surface area contributed by atoms with Crippen LogP contribution in [0.15, 0.2) is 421 Å². The van der Waals surface area contributed by atoms with Crippen LogP contribution in [-0.4, -0.2) is 51.6 Å². The van der Waals surface area contributed by atoms with Crippen LogP contribution in [0, 0.1) is 62.3 Å². The lowest BCUT2D eigenvalue weighted by Crippen LogP contribution is -2.58. The molecule has 10 heteroatoms. The van der Waals surface area contributed by atoms with Crippen LogP contribution >= 0.6 is 0 Å². The maximum Gasteiger partial charge on any atom is 0.243 e. The summed E-state index contributed by atoms with van der Waals surface area (Å²) in [4.78, 5) is 39.5. The summed E-state index contributed by atoms with van der Waals surface area (Å²) in [5, 5.41) is 0. The number of aromatic nitrogens is 9. The Labute approximate surface area is 763 Å². The molecular weight excluding hydrogens is 1580 g/mol. The molecule has 0 unspecified atom stereocenters. The molecule has 0 aliphatic rings. The van der Waals surface area contributed by atoms with E-state index in [0.29, 0.717) is 0 Å². The summed E-state index contributed by atoms with van der Waals surface area (Å²) < 4.78 is 0. The van der Waals surface area contributed by atoms with Gasteiger partial charge in [-0.15, -0.1) is 0 Å². The van der Waals surface area contributed by atoms with E-state index in [4.69, 9.17) is 0 Å². The molecule has 20 rings (SSSR count). The monoisotopic (exact) mass is 1670 g/mol. The highest BCUT2D eigenvalue weighted by Gasteiger charge is 2.35. The highest BCUT2D eigenvalue weighted by atomic mass is 14.7. The lowest BCUT2D eigenvalue weighted by atomic mass is 9.32. The Morgan fingerprint density at radius 3 is 0.508 bits per heavy atom. The van der Waals surface area contributed by atoms with Gasteiger partial charge in [0, 0.05) is 162 Å².